The fourth-order valence-electron chi connectivity index (χ4n) is 2.34. The van der Waals surface area contributed by atoms with Crippen molar-refractivity contribution in [3.63, 3.8) is 0 Å². The minimum absolute atomic E-state index is 0.0908. The van der Waals surface area contributed by atoms with Crippen LogP contribution in [0.4, 0.5) is 4.79 Å². The molecule has 98 valence electrons. The van der Waals surface area contributed by atoms with E-state index in [9.17, 15) is 4.79 Å². The minimum atomic E-state index is -0.427. The smallest absolute Gasteiger partial charge is 0.410 e. The van der Waals surface area contributed by atoms with Gasteiger partial charge >= 0.3 is 6.09 Å². The Labute approximate surface area is 116 Å². The van der Waals surface area contributed by atoms with Crippen LogP contribution in [-0.2, 0) is 9.47 Å². The van der Waals surface area contributed by atoms with Gasteiger partial charge in [0.25, 0.3) is 0 Å². The molecule has 0 aromatic carbocycles. The Bertz CT molecular complexity index is 309. The lowest BCUT2D eigenvalue weighted by Crippen LogP contribution is -2.67. The number of carbonyl (C=O) groups is 1. The Morgan fingerprint density at radius 2 is 2.12 bits per heavy atom. The second-order valence-electron chi connectivity index (χ2n) is 5.94. The zero-order valence-electron chi connectivity index (χ0n) is 10.7. The summed E-state index contributed by atoms with van der Waals surface area (Å²) in [5.74, 6) is 0. The fourth-order valence-corrected chi connectivity index (χ4v) is 3.44. The Balaban J connectivity index is 2.06. The average molecular weight is 353 g/mol. The van der Waals surface area contributed by atoms with E-state index in [4.69, 9.17) is 9.47 Å². The quantitative estimate of drug-likeness (QED) is 0.496. The van der Waals surface area contributed by atoms with Gasteiger partial charge < -0.3 is 9.47 Å². The zero-order chi connectivity index (χ0) is 12.7. The summed E-state index contributed by atoms with van der Waals surface area (Å²) >= 11 is 2.47. The maximum absolute atomic E-state index is 12.2. The van der Waals surface area contributed by atoms with Crippen molar-refractivity contribution in [3.8, 4) is 0 Å². The molecule has 0 aliphatic carbocycles. The lowest BCUT2D eigenvalue weighted by molar-refractivity contribution is -0.148. The van der Waals surface area contributed by atoms with Gasteiger partial charge in [0.05, 0.1) is 18.8 Å². The Kier molecular flexibility index (Phi) is 3.60. The molecular formula is C12H20INO3. The highest BCUT2D eigenvalue weighted by atomic mass is 127. The highest BCUT2D eigenvalue weighted by Crippen LogP contribution is 2.38. The van der Waals surface area contributed by atoms with Crippen molar-refractivity contribution in [2.75, 3.05) is 19.8 Å². The second kappa shape index (κ2) is 4.57. The predicted octanol–water partition coefficient (Wildman–Crippen LogP) is 2.59. The molecule has 0 bridgehead atoms. The van der Waals surface area contributed by atoms with Crippen LogP contribution in [-0.4, -0.2) is 45.8 Å². The molecule has 1 spiro atoms. The number of hydrogen-bond acceptors (Lipinski definition) is 3. The van der Waals surface area contributed by atoms with Crippen LogP contribution >= 0.6 is 22.6 Å². The van der Waals surface area contributed by atoms with E-state index in [0.717, 1.165) is 19.4 Å². The summed E-state index contributed by atoms with van der Waals surface area (Å²) in [5, 5.41) is 0. The number of amides is 1. The van der Waals surface area contributed by atoms with E-state index < -0.39 is 5.60 Å². The van der Waals surface area contributed by atoms with Crippen molar-refractivity contribution in [2.45, 2.75) is 48.7 Å². The predicted molar refractivity (Wildman–Crippen MR) is 73.5 cm³/mol. The molecule has 17 heavy (non-hydrogen) atoms. The first-order chi connectivity index (χ1) is 7.82. The van der Waals surface area contributed by atoms with Gasteiger partial charge in [-0.05, 0) is 33.6 Å². The van der Waals surface area contributed by atoms with Gasteiger partial charge in [-0.15, -0.1) is 0 Å². The van der Waals surface area contributed by atoms with Crippen LogP contribution in [0, 0.1) is 0 Å². The Morgan fingerprint density at radius 3 is 2.59 bits per heavy atom. The van der Waals surface area contributed by atoms with Gasteiger partial charge in [-0.1, -0.05) is 22.6 Å². The number of halogens is 1. The number of rotatable bonds is 0. The summed E-state index contributed by atoms with van der Waals surface area (Å²) in [6, 6.07) is 0. The number of hydrogen-bond donors (Lipinski definition) is 0. The molecule has 2 aliphatic heterocycles. The van der Waals surface area contributed by atoms with Crippen LogP contribution in [0.25, 0.3) is 0 Å². The van der Waals surface area contributed by atoms with Crippen LogP contribution in [0.5, 0.6) is 0 Å². The van der Waals surface area contributed by atoms with Gasteiger partial charge in [0.2, 0.25) is 0 Å². The molecule has 1 amide bonds. The van der Waals surface area contributed by atoms with Gasteiger partial charge in [-0.25, -0.2) is 4.79 Å². The zero-order valence-corrected chi connectivity index (χ0v) is 12.8. The van der Waals surface area contributed by atoms with Crippen molar-refractivity contribution >= 4 is 28.7 Å². The molecule has 4 nitrogen and oxygen atoms in total. The molecule has 2 rings (SSSR count). The van der Waals surface area contributed by atoms with Crippen LogP contribution in [0.1, 0.15) is 33.6 Å². The SMILES string of the molecule is CC(C)(C)OC(=O)N1CCC(I)CC12COC2. The van der Waals surface area contributed by atoms with E-state index in [0.29, 0.717) is 17.1 Å². The van der Waals surface area contributed by atoms with E-state index in [1.54, 1.807) is 0 Å². The van der Waals surface area contributed by atoms with Crippen molar-refractivity contribution in [2.24, 2.45) is 0 Å². The van der Waals surface area contributed by atoms with Crippen LogP contribution in [0.3, 0.4) is 0 Å². The number of alkyl halides is 1. The molecule has 2 heterocycles. The molecule has 0 N–H and O–H groups in total. The van der Waals surface area contributed by atoms with E-state index in [2.05, 4.69) is 22.6 Å². The fraction of sp³-hybridized carbons (Fsp3) is 0.917. The number of ether oxygens (including phenoxy) is 2. The lowest BCUT2D eigenvalue weighted by atomic mass is 9.85. The first kappa shape index (κ1) is 13.4. The molecule has 0 aromatic heterocycles. The Morgan fingerprint density at radius 1 is 1.47 bits per heavy atom. The Hall–Kier alpha value is -0.0400. The molecule has 0 radical (unpaired) electrons. The summed E-state index contributed by atoms with van der Waals surface area (Å²) in [6.45, 7) is 7.81. The molecule has 1 atom stereocenters. The summed E-state index contributed by atoms with van der Waals surface area (Å²) in [5.41, 5.74) is -0.517. The molecular weight excluding hydrogens is 333 g/mol. The third kappa shape index (κ3) is 2.86. The third-order valence-electron chi connectivity index (χ3n) is 3.20. The van der Waals surface area contributed by atoms with Crippen molar-refractivity contribution in [1.82, 2.24) is 4.90 Å². The number of carbonyl (C=O) groups excluding carboxylic acids is 1. The summed E-state index contributed by atoms with van der Waals surface area (Å²) in [6.07, 6.45) is 1.87. The van der Waals surface area contributed by atoms with E-state index in [-0.39, 0.29) is 11.6 Å². The van der Waals surface area contributed by atoms with Crippen molar-refractivity contribution in [1.29, 1.82) is 0 Å². The minimum Gasteiger partial charge on any atom is -0.444 e. The molecule has 2 fully saturated rings. The molecule has 5 heteroatoms. The number of likely N-dealkylation sites (tertiary alicyclic amines) is 1. The first-order valence-corrected chi connectivity index (χ1v) is 7.29. The van der Waals surface area contributed by atoms with Gasteiger partial charge in [0, 0.05) is 10.5 Å². The van der Waals surface area contributed by atoms with Gasteiger partial charge in [0.15, 0.2) is 0 Å². The molecule has 1 unspecified atom stereocenters. The largest absolute Gasteiger partial charge is 0.444 e. The lowest BCUT2D eigenvalue weighted by Gasteiger charge is -2.53. The first-order valence-electron chi connectivity index (χ1n) is 6.05. The number of nitrogens with zero attached hydrogens (tertiary/aromatic N) is 1. The molecule has 2 aliphatic rings. The van der Waals surface area contributed by atoms with Crippen molar-refractivity contribution < 1.29 is 14.3 Å². The van der Waals surface area contributed by atoms with Crippen molar-refractivity contribution in [3.05, 3.63) is 0 Å². The summed E-state index contributed by atoms with van der Waals surface area (Å²) in [4.78, 5) is 14.1. The standard InChI is InChI=1S/C12H20INO3/c1-11(2,3)17-10(15)14-5-4-9(13)6-12(14)7-16-8-12/h9H,4-8H2,1-3H3. The van der Waals surface area contributed by atoms with Crippen LogP contribution < -0.4 is 0 Å². The monoisotopic (exact) mass is 353 g/mol. The molecule has 0 saturated carbocycles. The van der Waals surface area contributed by atoms with E-state index in [1.165, 1.54) is 0 Å². The van der Waals surface area contributed by atoms with Crippen LogP contribution in [0.2, 0.25) is 0 Å². The third-order valence-corrected chi connectivity index (χ3v) is 4.26. The van der Waals surface area contributed by atoms with Gasteiger partial charge in [-0.2, -0.15) is 0 Å². The summed E-state index contributed by atoms with van der Waals surface area (Å²) in [7, 11) is 0. The maximum atomic E-state index is 12.2. The van der Waals surface area contributed by atoms with E-state index in [1.807, 2.05) is 25.7 Å². The molecule has 0 aromatic rings. The highest BCUT2D eigenvalue weighted by molar-refractivity contribution is 14.1. The second-order valence-corrected chi connectivity index (χ2v) is 7.70. The van der Waals surface area contributed by atoms with Crippen LogP contribution in [0.15, 0.2) is 0 Å². The average Bonchev–Trinajstić information content (AvgIpc) is 2.12. The number of piperidine rings is 1. The van der Waals surface area contributed by atoms with E-state index >= 15 is 0 Å². The summed E-state index contributed by atoms with van der Waals surface area (Å²) < 4.78 is 11.4. The highest BCUT2D eigenvalue weighted by Gasteiger charge is 2.50. The topological polar surface area (TPSA) is 38.8 Å². The van der Waals surface area contributed by atoms with Gasteiger partial charge in [0.1, 0.15) is 5.60 Å². The maximum Gasteiger partial charge on any atom is 0.410 e. The normalized spacial score (nSPS) is 27.8. The van der Waals surface area contributed by atoms with Gasteiger partial charge in [-0.3, -0.25) is 4.90 Å². The molecule has 2 saturated heterocycles.